The van der Waals surface area contributed by atoms with Gasteiger partial charge in [-0.1, -0.05) is 41.4 Å². The predicted octanol–water partition coefficient (Wildman–Crippen LogP) is 4.28. The number of hydrogen-bond acceptors (Lipinski definition) is 5. The van der Waals surface area contributed by atoms with E-state index in [0.29, 0.717) is 28.0 Å². The number of amides is 1. The van der Waals surface area contributed by atoms with E-state index in [9.17, 15) is 4.79 Å². The van der Waals surface area contributed by atoms with Crippen molar-refractivity contribution in [3.8, 4) is 17.0 Å². The first-order valence-corrected chi connectivity index (χ1v) is 9.62. The lowest BCUT2D eigenvalue weighted by molar-refractivity contribution is 0.102. The third kappa shape index (κ3) is 4.29. The lowest BCUT2D eigenvalue weighted by atomic mass is 10.1. The first-order valence-electron chi connectivity index (χ1n) is 8.87. The van der Waals surface area contributed by atoms with E-state index in [4.69, 9.17) is 27.9 Å². The maximum Gasteiger partial charge on any atom is 0.276 e. The zero-order valence-corrected chi connectivity index (χ0v) is 17.3. The zero-order chi connectivity index (χ0) is 21.1. The molecule has 0 spiro atoms. The summed E-state index contributed by atoms with van der Waals surface area (Å²) in [5.41, 5.74) is 2.44. The number of hydrogen-bond donors (Lipinski definition) is 2. The van der Waals surface area contributed by atoms with Gasteiger partial charge in [0.25, 0.3) is 5.91 Å². The largest absolute Gasteiger partial charge is 0.497 e. The van der Waals surface area contributed by atoms with Crippen LogP contribution in [0, 0.1) is 0 Å². The van der Waals surface area contributed by atoms with E-state index in [0.717, 1.165) is 11.1 Å². The SMILES string of the molecule is COc1cccc(-c2cc(C(=O)Nc3ncn(Cc4c(Cl)cccc4Cl)n3)[nH]n2)c1. The molecule has 8 nitrogen and oxygen atoms in total. The Balaban J connectivity index is 1.45. The number of halogens is 2. The normalized spacial score (nSPS) is 10.8. The second kappa shape index (κ2) is 8.56. The van der Waals surface area contributed by atoms with Crippen LogP contribution in [-0.2, 0) is 6.54 Å². The topological polar surface area (TPSA) is 97.7 Å². The smallest absolute Gasteiger partial charge is 0.276 e. The van der Waals surface area contributed by atoms with E-state index >= 15 is 0 Å². The molecule has 1 amide bonds. The molecule has 30 heavy (non-hydrogen) atoms. The average molecular weight is 443 g/mol. The van der Waals surface area contributed by atoms with Gasteiger partial charge in [-0.3, -0.25) is 15.2 Å². The number of anilines is 1. The minimum Gasteiger partial charge on any atom is -0.497 e. The Labute approximate surface area is 181 Å². The van der Waals surface area contributed by atoms with Gasteiger partial charge < -0.3 is 4.74 Å². The molecule has 152 valence electrons. The van der Waals surface area contributed by atoms with Crippen molar-refractivity contribution in [1.29, 1.82) is 0 Å². The molecule has 2 N–H and O–H groups in total. The van der Waals surface area contributed by atoms with Crippen LogP contribution in [-0.4, -0.2) is 38.0 Å². The first kappa shape index (κ1) is 19.9. The lowest BCUT2D eigenvalue weighted by Crippen LogP contribution is -2.14. The van der Waals surface area contributed by atoms with E-state index in [-0.39, 0.29) is 11.6 Å². The van der Waals surface area contributed by atoms with Crippen LogP contribution in [0.2, 0.25) is 10.0 Å². The summed E-state index contributed by atoms with van der Waals surface area (Å²) in [6.07, 6.45) is 1.49. The van der Waals surface area contributed by atoms with Gasteiger partial charge >= 0.3 is 0 Å². The van der Waals surface area contributed by atoms with Crippen LogP contribution in [0.1, 0.15) is 16.1 Å². The van der Waals surface area contributed by atoms with Crippen LogP contribution in [0.25, 0.3) is 11.3 Å². The number of methoxy groups -OCH3 is 1. The number of aromatic amines is 1. The fraction of sp³-hybridized carbons (Fsp3) is 0.100. The Morgan fingerprint density at radius 1 is 1.17 bits per heavy atom. The highest BCUT2D eigenvalue weighted by Crippen LogP contribution is 2.25. The predicted molar refractivity (Wildman–Crippen MR) is 114 cm³/mol. The highest BCUT2D eigenvalue weighted by atomic mass is 35.5. The fourth-order valence-electron chi connectivity index (χ4n) is 2.81. The summed E-state index contributed by atoms with van der Waals surface area (Å²) in [4.78, 5) is 16.6. The van der Waals surface area contributed by atoms with Crippen LogP contribution in [0.3, 0.4) is 0 Å². The van der Waals surface area contributed by atoms with Gasteiger partial charge in [-0.25, -0.2) is 9.67 Å². The Morgan fingerprint density at radius 3 is 2.70 bits per heavy atom. The van der Waals surface area contributed by atoms with Crippen molar-refractivity contribution in [3.05, 3.63) is 76.2 Å². The van der Waals surface area contributed by atoms with Gasteiger partial charge in [0.1, 0.15) is 17.8 Å². The minimum absolute atomic E-state index is 0.153. The van der Waals surface area contributed by atoms with Crippen LogP contribution in [0.5, 0.6) is 5.75 Å². The molecule has 0 aliphatic rings. The molecule has 0 atom stereocenters. The van der Waals surface area contributed by atoms with Gasteiger partial charge in [0, 0.05) is 21.2 Å². The fourth-order valence-corrected chi connectivity index (χ4v) is 3.33. The zero-order valence-electron chi connectivity index (χ0n) is 15.8. The number of rotatable bonds is 6. The highest BCUT2D eigenvalue weighted by Gasteiger charge is 2.14. The monoisotopic (exact) mass is 442 g/mol. The number of aromatic nitrogens is 5. The Bertz CT molecular complexity index is 1180. The molecule has 10 heteroatoms. The summed E-state index contributed by atoms with van der Waals surface area (Å²) >= 11 is 12.4. The molecule has 0 saturated heterocycles. The van der Waals surface area contributed by atoms with Gasteiger partial charge in [0.15, 0.2) is 0 Å². The number of H-pyrrole nitrogens is 1. The van der Waals surface area contributed by atoms with Crippen LogP contribution < -0.4 is 10.1 Å². The van der Waals surface area contributed by atoms with Crippen LogP contribution in [0.4, 0.5) is 5.95 Å². The molecular weight excluding hydrogens is 427 g/mol. The number of nitrogens with zero attached hydrogens (tertiary/aromatic N) is 4. The van der Waals surface area contributed by atoms with Crippen molar-refractivity contribution in [1.82, 2.24) is 25.0 Å². The maximum atomic E-state index is 12.5. The number of nitrogens with one attached hydrogen (secondary N) is 2. The van der Waals surface area contributed by atoms with E-state index < -0.39 is 5.91 Å². The summed E-state index contributed by atoms with van der Waals surface area (Å²) in [7, 11) is 1.59. The lowest BCUT2D eigenvalue weighted by Gasteiger charge is -2.06. The summed E-state index contributed by atoms with van der Waals surface area (Å²) in [5.74, 6) is 0.445. The number of carbonyl (C=O) groups is 1. The van der Waals surface area contributed by atoms with Crippen molar-refractivity contribution in [2.45, 2.75) is 6.54 Å². The van der Waals surface area contributed by atoms with Gasteiger partial charge in [0.05, 0.1) is 19.3 Å². The quantitative estimate of drug-likeness (QED) is 0.464. The molecule has 2 aromatic heterocycles. The van der Waals surface area contributed by atoms with Crippen molar-refractivity contribution in [2.75, 3.05) is 12.4 Å². The molecule has 0 unspecified atom stereocenters. The van der Waals surface area contributed by atoms with E-state index in [1.807, 2.05) is 24.3 Å². The Morgan fingerprint density at radius 2 is 1.93 bits per heavy atom. The molecule has 4 aromatic rings. The van der Waals surface area contributed by atoms with Gasteiger partial charge in [0.2, 0.25) is 5.95 Å². The maximum absolute atomic E-state index is 12.5. The summed E-state index contributed by atoms with van der Waals surface area (Å²) in [6, 6.07) is 14.3. The summed E-state index contributed by atoms with van der Waals surface area (Å²) in [5, 5.41) is 14.9. The van der Waals surface area contributed by atoms with Gasteiger partial charge in [-0.2, -0.15) is 5.10 Å². The summed E-state index contributed by atoms with van der Waals surface area (Å²) in [6.45, 7) is 0.325. The van der Waals surface area contributed by atoms with E-state index in [2.05, 4.69) is 25.6 Å². The molecule has 0 bridgehead atoms. The second-order valence-corrected chi connectivity index (χ2v) is 7.13. The molecule has 0 fully saturated rings. The minimum atomic E-state index is -0.412. The van der Waals surface area contributed by atoms with Crippen LogP contribution in [0.15, 0.2) is 54.9 Å². The Kier molecular flexibility index (Phi) is 5.69. The molecule has 4 rings (SSSR count). The highest BCUT2D eigenvalue weighted by molar-refractivity contribution is 6.35. The molecule has 0 aliphatic heterocycles. The van der Waals surface area contributed by atoms with Crippen molar-refractivity contribution in [3.63, 3.8) is 0 Å². The Hall–Kier alpha value is -3.36. The van der Waals surface area contributed by atoms with Crippen molar-refractivity contribution >= 4 is 35.1 Å². The molecule has 0 radical (unpaired) electrons. The van der Waals surface area contributed by atoms with Gasteiger partial charge in [-0.15, -0.1) is 5.10 Å². The molecule has 2 aromatic carbocycles. The van der Waals surface area contributed by atoms with E-state index in [1.54, 1.807) is 31.4 Å². The third-order valence-corrected chi connectivity index (χ3v) is 5.04. The second-order valence-electron chi connectivity index (χ2n) is 6.32. The van der Waals surface area contributed by atoms with Gasteiger partial charge in [-0.05, 0) is 30.3 Å². The van der Waals surface area contributed by atoms with E-state index in [1.165, 1.54) is 11.0 Å². The van der Waals surface area contributed by atoms with Crippen molar-refractivity contribution in [2.24, 2.45) is 0 Å². The first-order chi connectivity index (χ1) is 14.5. The number of carbonyl (C=O) groups excluding carboxylic acids is 1. The number of ether oxygens (including phenoxy) is 1. The summed E-state index contributed by atoms with van der Waals surface area (Å²) < 4.78 is 6.76. The molecule has 0 saturated carbocycles. The third-order valence-electron chi connectivity index (χ3n) is 4.33. The standard InChI is InChI=1S/C20H16Cl2N6O2/c1-30-13-5-2-4-12(8-13)17-9-18(26-25-17)19(29)24-20-23-11-28(27-20)10-14-15(21)6-3-7-16(14)22/h2-9,11H,10H2,1H3,(H,25,26)(H,24,27,29). The average Bonchev–Trinajstić information content (AvgIpc) is 3.41. The molecule has 2 heterocycles. The van der Waals surface area contributed by atoms with Crippen LogP contribution >= 0.6 is 23.2 Å². The molecular formula is C20H16Cl2N6O2. The number of benzene rings is 2. The molecule has 0 aliphatic carbocycles. The van der Waals surface area contributed by atoms with Crippen molar-refractivity contribution < 1.29 is 9.53 Å².